The molecule has 1 aromatic rings. The number of carboxylic acid groups (broad SMARTS) is 1. The van der Waals surface area contributed by atoms with Crippen LogP contribution in [0.25, 0.3) is 0 Å². The van der Waals surface area contributed by atoms with Gasteiger partial charge in [-0.05, 0) is 32.8 Å². The van der Waals surface area contributed by atoms with E-state index in [1.54, 1.807) is 17.8 Å². The van der Waals surface area contributed by atoms with Gasteiger partial charge in [0, 0.05) is 18.4 Å². The molecule has 1 aliphatic heterocycles. The van der Waals surface area contributed by atoms with Gasteiger partial charge in [-0.15, -0.1) is 0 Å². The Morgan fingerprint density at radius 1 is 1.56 bits per heavy atom. The number of amides is 1. The van der Waals surface area contributed by atoms with E-state index in [1.165, 1.54) is 4.90 Å². The van der Waals surface area contributed by atoms with E-state index in [-0.39, 0.29) is 12.5 Å². The van der Waals surface area contributed by atoms with Gasteiger partial charge in [0.05, 0.1) is 0 Å². The quantitative estimate of drug-likeness (QED) is 0.856. The minimum absolute atomic E-state index is 0.0989. The Bertz CT molecular complexity index is 483. The monoisotopic (exact) mass is 251 g/mol. The molecule has 1 fully saturated rings. The van der Waals surface area contributed by atoms with Crippen LogP contribution in [0.15, 0.2) is 12.3 Å². The van der Waals surface area contributed by atoms with E-state index in [0.717, 1.165) is 12.1 Å². The minimum atomic E-state index is -1.07. The van der Waals surface area contributed by atoms with Crippen LogP contribution in [0.4, 0.5) is 0 Å². The average Bonchev–Trinajstić information content (AvgIpc) is 2.87. The number of aromatic nitrogens is 2. The predicted octanol–water partition coefficient (Wildman–Crippen LogP) is 0.657. The number of carbonyl (C=O) groups is 2. The number of aliphatic carboxylic acids is 1. The molecule has 0 saturated carbocycles. The summed E-state index contributed by atoms with van der Waals surface area (Å²) in [5.74, 6) is -1.13. The highest BCUT2D eigenvalue weighted by Gasteiger charge is 2.45. The molecule has 98 valence electrons. The minimum Gasteiger partial charge on any atom is -0.480 e. The Labute approximate surface area is 105 Å². The lowest BCUT2D eigenvalue weighted by Gasteiger charge is -2.31. The normalized spacial score (nSPS) is 23.3. The van der Waals surface area contributed by atoms with Crippen LogP contribution in [-0.4, -0.2) is 43.7 Å². The fourth-order valence-electron chi connectivity index (χ4n) is 2.36. The second-order valence-corrected chi connectivity index (χ2v) is 4.86. The molecule has 6 nitrogen and oxygen atoms in total. The van der Waals surface area contributed by atoms with Crippen molar-refractivity contribution in [3.05, 3.63) is 18.0 Å². The van der Waals surface area contributed by atoms with Crippen molar-refractivity contribution in [1.82, 2.24) is 14.7 Å². The van der Waals surface area contributed by atoms with E-state index in [1.807, 2.05) is 13.0 Å². The summed E-state index contributed by atoms with van der Waals surface area (Å²) in [4.78, 5) is 24.9. The van der Waals surface area contributed by atoms with Crippen molar-refractivity contribution in [3.63, 3.8) is 0 Å². The molecule has 1 atom stereocenters. The first-order valence-electron chi connectivity index (χ1n) is 5.97. The third-order valence-electron chi connectivity index (χ3n) is 3.62. The van der Waals surface area contributed by atoms with Crippen LogP contribution in [-0.2, 0) is 16.1 Å². The maximum Gasteiger partial charge on any atom is 0.329 e. The van der Waals surface area contributed by atoms with Crippen LogP contribution in [0, 0.1) is 6.92 Å². The van der Waals surface area contributed by atoms with E-state index in [9.17, 15) is 14.7 Å². The number of nitrogens with zero attached hydrogens (tertiary/aromatic N) is 3. The molecule has 0 radical (unpaired) electrons. The molecule has 18 heavy (non-hydrogen) atoms. The van der Waals surface area contributed by atoms with Crippen molar-refractivity contribution in [1.29, 1.82) is 0 Å². The zero-order valence-corrected chi connectivity index (χ0v) is 10.6. The van der Waals surface area contributed by atoms with Crippen molar-refractivity contribution < 1.29 is 14.7 Å². The highest BCUT2D eigenvalue weighted by molar-refractivity contribution is 5.87. The highest BCUT2D eigenvalue weighted by Crippen LogP contribution is 2.29. The van der Waals surface area contributed by atoms with Crippen LogP contribution in [0.3, 0.4) is 0 Å². The molecule has 0 bridgehead atoms. The molecule has 6 heteroatoms. The van der Waals surface area contributed by atoms with Crippen LogP contribution in [0.1, 0.15) is 25.5 Å². The maximum absolute atomic E-state index is 12.2. The number of hydrogen-bond donors (Lipinski definition) is 1. The van der Waals surface area contributed by atoms with Crippen LogP contribution in [0.5, 0.6) is 0 Å². The second-order valence-electron chi connectivity index (χ2n) is 4.86. The van der Waals surface area contributed by atoms with Crippen LogP contribution >= 0.6 is 0 Å². The summed E-state index contributed by atoms with van der Waals surface area (Å²) in [5.41, 5.74) is -0.183. The van der Waals surface area contributed by atoms with Gasteiger partial charge in [-0.1, -0.05) is 0 Å². The smallest absolute Gasteiger partial charge is 0.329 e. The van der Waals surface area contributed by atoms with Gasteiger partial charge in [0.25, 0.3) is 0 Å². The molecule has 0 spiro atoms. The van der Waals surface area contributed by atoms with E-state index < -0.39 is 11.5 Å². The average molecular weight is 251 g/mol. The summed E-state index contributed by atoms with van der Waals surface area (Å²) in [6.45, 7) is 4.07. The molecule has 0 aromatic carbocycles. The summed E-state index contributed by atoms with van der Waals surface area (Å²) >= 11 is 0. The van der Waals surface area contributed by atoms with Gasteiger partial charge >= 0.3 is 5.97 Å². The molecule has 1 aromatic heterocycles. The lowest BCUT2D eigenvalue weighted by atomic mass is 9.99. The zero-order chi connectivity index (χ0) is 13.3. The standard InChI is InChI=1S/C12H17N3O3/c1-9-4-6-13-15(9)8-10(16)14-7-3-5-12(14,2)11(17)18/h4,6H,3,5,7-8H2,1-2H3,(H,17,18). The third kappa shape index (κ3) is 1.98. The molecule has 1 saturated heterocycles. The van der Waals surface area contributed by atoms with Gasteiger partial charge in [0.15, 0.2) is 0 Å². The van der Waals surface area contributed by atoms with E-state index in [2.05, 4.69) is 5.10 Å². The van der Waals surface area contributed by atoms with E-state index in [4.69, 9.17) is 0 Å². The Morgan fingerprint density at radius 3 is 2.83 bits per heavy atom. The molecule has 0 aliphatic carbocycles. The van der Waals surface area contributed by atoms with Crippen molar-refractivity contribution in [2.45, 2.75) is 38.8 Å². The molecule has 2 heterocycles. The van der Waals surface area contributed by atoms with E-state index in [0.29, 0.717) is 13.0 Å². The van der Waals surface area contributed by atoms with Crippen LogP contribution in [0.2, 0.25) is 0 Å². The number of carbonyl (C=O) groups excluding carboxylic acids is 1. The number of hydrogen-bond acceptors (Lipinski definition) is 3. The van der Waals surface area contributed by atoms with E-state index >= 15 is 0 Å². The summed E-state index contributed by atoms with van der Waals surface area (Å²) in [7, 11) is 0. The Hall–Kier alpha value is -1.85. The number of aryl methyl sites for hydroxylation is 1. The largest absolute Gasteiger partial charge is 0.480 e. The summed E-state index contributed by atoms with van der Waals surface area (Å²) < 4.78 is 1.59. The first-order valence-corrected chi connectivity index (χ1v) is 5.97. The molecular weight excluding hydrogens is 234 g/mol. The second kappa shape index (κ2) is 4.44. The lowest BCUT2D eigenvalue weighted by molar-refractivity contribution is -0.155. The Morgan fingerprint density at radius 2 is 2.28 bits per heavy atom. The summed E-state index contributed by atoms with van der Waals surface area (Å²) in [6.07, 6.45) is 2.86. The molecule has 1 aliphatic rings. The summed E-state index contributed by atoms with van der Waals surface area (Å²) in [5, 5.41) is 13.3. The Kier molecular flexibility index (Phi) is 3.11. The van der Waals surface area contributed by atoms with Crippen molar-refractivity contribution in [3.8, 4) is 0 Å². The molecular formula is C12H17N3O3. The molecule has 1 amide bonds. The fourth-order valence-corrected chi connectivity index (χ4v) is 2.36. The predicted molar refractivity (Wildman–Crippen MR) is 64.0 cm³/mol. The summed E-state index contributed by atoms with van der Waals surface area (Å²) in [6, 6.07) is 1.81. The number of likely N-dealkylation sites (tertiary alicyclic amines) is 1. The van der Waals surface area contributed by atoms with Gasteiger partial charge in [-0.3, -0.25) is 9.48 Å². The Balaban J connectivity index is 2.14. The first kappa shape index (κ1) is 12.6. The van der Waals surface area contributed by atoms with Gasteiger partial charge in [-0.25, -0.2) is 4.79 Å². The van der Waals surface area contributed by atoms with Crippen molar-refractivity contribution in [2.75, 3.05) is 6.54 Å². The van der Waals surface area contributed by atoms with Gasteiger partial charge in [0.1, 0.15) is 12.1 Å². The highest BCUT2D eigenvalue weighted by atomic mass is 16.4. The van der Waals surface area contributed by atoms with Gasteiger partial charge in [-0.2, -0.15) is 5.10 Å². The van der Waals surface area contributed by atoms with Crippen molar-refractivity contribution in [2.24, 2.45) is 0 Å². The third-order valence-corrected chi connectivity index (χ3v) is 3.62. The maximum atomic E-state index is 12.2. The van der Waals surface area contributed by atoms with Crippen molar-refractivity contribution >= 4 is 11.9 Å². The topological polar surface area (TPSA) is 75.4 Å². The van der Waals surface area contributed by atoms with Gasteiger partial charge < -0.3 is 10.0 Å². The zero-order valence-electron chi connectivity index (χ0n) is 10.6. The molecule has 2 rings (SSSR count). The first-order chi connectivity index (χ1) is 8.45. The number of rotatable bonds is 3. The van der Waals surface area contributed by atoms with Crippen LogP contribution < -0.4 is 0 Å². The molecule has 1 N–H and O–H groups in total. The van der Waals surface area contributed by atoms with Gasteiger partial charge in [0.2, 0.25) is 5.91 Å². The lowest BCUT2D eigenvalue weighted by Crippen LogP contribution is -2.51. The molecule has 1 unspecified atom stereocenters. The SMILES string of the molecule is Cc1ccnn1CC(=O)N1CCCC1(C)C(=O)O. The fraction of sp³-hybridized carbons (Fsp3) is 0.583. The number of carboxylic acids is 1.